The lowest BCUT2D eigenvalue weighted by molar-refractivity contribution is 0.0674. The Morgan fingerprint density at radius 1 is 0.960 bits per heavy atom. The molecule has 0 aromatic heterocycles. The van der Waals surface area contributed by atoms with Crippen LogP contribution < -0.4 is 0 Å². The van der Waals surface area contributed by atoms with Gasteiger partial charge in [0.25, 0.3) is 0 Å². The van der Waals surface area contributed by atoms with Gasteiger partial charge in [-0.05, 0) is 36.1 Å². The van der Waals surface area contributed by atoms with E-state index in [1.54, 1.807) is 0 Å². The molecule has 4 heteroatoms. The molecule has 0 saturated heterocycles. The molecule has 136 valence electrons. The van der Waals surface area contributed by atoms with Gasteiger partial charge in [0.15, 0.2) is 0 Å². The summed E-state index contributed by atoms with van der Waals surface area (Å²) in [5, 5.41) is 11.4. The van der Waals surface area contributed by atoms with Crippen molar-refractivity contribution >= 4 is 24.0 Å². The topological polar surface area (TPSA) is 23.5 Å². The largest absolute Gasteiger partial charge is 0.387 e. The maximum atomic E-state index is 10.7. The van der Waals surface area contributed by atoms with Crippen molar-refractivity contribution in [2.24, 2.45) is 0 Å². The Balaban J connectivity index is 0.00000225. The third kappa shape index (κ3) is 6.00. The number of benzene rings is 2. The molecule has 0 heterocycles. The first kappa shape index (κ1) is 20.3. The van der Waals surface area contributed by atoms with Crippen LogP contribution in [0.15, 0.2) is 54.6 Å². The summed E-state index contributed by atoms with van der Waals surface area (Å²) in [7, 11) is 0. The van der Waals surface area contributed by atoms with Crippen LogP contribution in [0.25, 0.3) is 0 Å². The van der Waals surface area contributed by atoms with Crippen LogP contribution in [0.4, 0.5) is 0 Å². The van der Waals surface area contributed by atoms with Crippen molar-refractivity contribution < 1.29 is 5.11 Å². The van der Waals surface area contributed by atoms with Crippen molar-refractivity contribution in [3.8, 4) is 0 Å². The van der Waals surface area contributed by atoms with E-state index in [9.17, 15) is 5.11 Å². The number of aliphatic hydroxyl groups excluding tert-OH is 1. The molecule has 0 spiro atoms. The van der Waals surface area contributed by atoms with Crippen LogP contribution in [0.1, 0.15) is 49.3 Å². The van der Waals surface area contributed by atoms with Crippen molar-refractivity contribution in [3.05, 3.63) is 70.7 Å². The number of hydrogen-bond donors (Lipinski definition) is 1. The van der Waals surface area contributed by atoms with E-state index in [4.69, 9.17) is 11.6 Å². The van der Waals surface area contributed by atoms with Crippen LogP contribution in [0.2, 0.25) is 5.02 Å². The number of hydrogen-bond acceptors (Lipinski definition) is 2. The van der Waals surface area contributed by atoms with Crippen LogP contribution in [0.3, 0.4) is 0 Å². The molecule has 25 heavy (non-hydrogen) atoms. The van der Waals surface area contributed by atoms with Crippen LogP contribution in [0.5, 0.6) is 0 Å². The molecule has 1 fully saturated rings. The van der Waals surface area contributed by atoms with E-state index in [1.807, 2.05) is 24.3 Å². The number of aliphatic hydroxyl groups is 1. The van der Waals surface area contributed by atoms with Crippen molar-refractivity contribution in [2.75, 3.05) is 6.54 Å². The van der Waals surface area contributed by atoms with Gasteiger partial charge in [-0.3, -0.25) is 4.90 Å². The van der Waals surface area contributed by atoms with Gasteiger partial charge in [0, 0.05) is 24.2 Å². The van der Waals surface area contributed by atoms with Gasteiger partial charge in [0.1, 0.15) is 0 Å². The molecule has 0 radical (unpaired) electrons. The van der Waals surface area contributed by atoms with Crippen molar-refractivity contribution in [1.29, 1.82) is 0 Å². The minimum absolute atomic E-state index is 0. The SMILES string of the molecule is Cl.OC(CN(Cc1ccccc1)C1CCCCC1)c1ccc(Cl)cc1. The standard InChI is InChI=1S/C21H26ClNO.ClH/c22-19-13-11-18(12-14-19)21(24)16-23(20-9-5-2-6-10-20)15-17-7-3-1-4-8-17;/h1,3-4,7-8,11-14,20-21,24H,2,5-6,9-10,15-16H2;1H. The van der Waals surface area contributed by atoms with Gasteiger partial charge in [-0.25, -0.2) is 0 Å². The number of rotatable bonds is 6. The van der Waals surface area contributed by atoms with Gasteiger partial charge in [0.2, 0.25) is 0 Å². The van der Waals surface area contributed by atoms with E-state index in [-0.39, 0.29) is 12.4 Å². The second kappa shape index (κ2) is 10.2. The lowest BCUT2D eigenvalue weighted by Gasteiger charge is -2.35. The third-order valence-electron chi connectivity index (χ3n) is 4.98. The molecule has 1 unspecified atom stereocenters. The Kier molecular flexibility index (Phi) is 8.25. The highest BCUT2D eigenvalue weighted by Crippen LogP contribution is 2.27. The Bertz CT molecular complexity index is 612. The molecular formula is C21H27Cl2NO. The Morgan fingerprint density at radius 2 is 1.60 bits per heavy atom. The predicted molar refractivity (Wildman–Crippen MR) is 107 cm³/mol. The summed E-state index contributed by atoms with van der Waals surface area (Å²) in [5.41, 5.74) is 2.25. The molecule has 1 aliphatic rings. The van der Waals surface area contributed by atoms with E-state index < -0.39 is 6.10 Å². The maximum absolute atomic E-state index is 10.7. The zero-order valence-corrected chi connectivity index (χ0v) is 16.1. The van der Waals surface area contributed by atoms with Gasteiger partial charge >= 0.3 is 0 Å². The monoisotopic (exact) mass is 379 g/mol. The van der Waals surface area contributed by atoms with E-state index in [1.165, 1.54) is 37.7 Å². The fourth-order valence-electron chi connectivity index (χ4n) is 3.62. The molecule has 1 saturated carbocycles. The van der Waals surface area contributed by atoms with Crippen molar-refractivity contribution in [3.63, 3.8) is 0 Å². The summed E-state index contributed by atoms with van der Waals surface area (Å²) >= 11 is 5.96. The van der Waals surface area contributed by atoms with Crippen LogP contribution in [0, 0.1) is 0 Å². The minimum atomic E-state index is -0.479. The second-order valence-corrected chi connectivity index (χ2v) is 7.21. The summed E-state index contributed by atoms with van der Waals surface area (Å²) in [6.45, 7) is 1.57. The fourth-order valence-corrected chi connectivity index (χ4v) is 3.75. The Morgan fingerprint density at radius 3 is 2.24 bits per heavy atom. The third-order valence-corrected chi connectivity index (χ3v) is 5.23. The molecule has 0 amide bonds. The average Bonchev–Trinajstić information content (AvgIpc) is 2.63. The first-order valence-corrected chi connectivity index (χ1v) is 9.31. The summed E-state index contributed by atoms with van der Waals surface area (Å²) in [4.78, 5) is 2.47. The van der Waals surface area contributed by atoms with Gasteiger partial charge < -0.3 is 5.11 Å². The lowest BCUT2D eigenvalue weighted by Crippen LogP contribution is -2.39. The second-order valence-electron chi connectivity index (χ2n) is 6.77. The highest BCUT2D eigenvalue weighted by molar-refractivity contribution is 6.30. The molecule has 1 N–H and O–H groups in total. The van der Waals surface area contributed by atoms with Gasteiger partial charge in [-0.2, -0.15) is 0 Å². The van der Waals surface area contributed by atoms with E-state index >= 15 is 0 Å². The molecular weight excluding hydrogens is 353 g/mol. The fraction of sp³-hybridized carbons (Fsp3) is 0.429. The molecule has 2 aromatic rings. The average molecular weight is 380 g/mol. The lowest BCUT2D eigenvalue weighted by atomic mass is 9.93. The molecule has 0 aliphatic heterocycles. The van der Waals surface area contributed by atoms with E-state index in [0.29, 0.717) is 17.6 Å². The summed E-state index contributed by atoms with van der Waals surface area (Å²) in [6, 6.07) is 18.7. The van der Waals surface area contributed by atoms with E-state index in [0.717, 1.165) is 12.1 Å². The molecule has 1 atom stereocenters. The van der Waals surface area contributed by atoms with Crippen LogP contribution in [-0.4, -0.2) is 22.6 Å². The highest BCUT2D eigenvalue weighted by Gasteiger charge is 2.24. The smallest absolute Gasteiger partial charge is 0.0917 e. The Hall–Kier alpha value is -1.06. The zero-order valence-electron chi connectivity index (χ0n) is 14.5. The predicted octanol–water partition coefficient (Wildman–Crippen LogP) is 5.63. The number of nitrogens with zero attached hydrogens (tertiary/aromatic N) is 1. The van der Waals surface area contributed by atoms with Gasteiger partial charge in [-0.15, -0.1) is 12.4 Å². The summed E-state index contributed by atoms with van der Waals surface area (Å²) in [6.07, 6.45) is 5.93. The van der Waals surface area contributed by atoms with Crippen molar-refractivity contribution in [1.82, 2.24) is 4.90 Å². The Labute approximate surface area is 162 Å². The van der Waals surface area contributed by atoms with Gasteiger partial charge in [0.05, 0.1) is 6.10 Å². The quantitative estimate of drug-likeness (QED) is 0.702. The zero-order chi connectivity index (χ0) is 16.8. The van der Waals surface area contributed by atoms with E-state index in [2.05, 4.69) is 35.2 Å². The molecule has 2 nitrogen and oxygen atoms in total. The minimum Gasteiger partial charge on any atom is -0.387 e. The maximum Gasteiger partial charge on any atom is 0.0917 e. The van der Waals surface area contributed by atoms with Crippen molar-refractivity contribution in [2.45, 2.75) is 50.8 Å². The first-order chi connectivity index (χ1) is 11.7. The molecule has 1 aliphatic carbocycles. The number of halogens is 2. The first-order valence-electron chi connectivity index (χ1n) is 8.94. The van der Waals surface area contributed by atoms with Crippen LogP contribution >= 0.6 is 24.0 Å². The summed E-state index contributed by atoms with van der Waals surface area (Å²) in [5.74, 6) is 0. The highest BCUT2D eigenvalue weighted by atomic mass is 35.5. The van der Waals surface area contributed by atoms with Gasteiger partial charge in [-0.1, -0.05) is 73.3 Å². The molecule has 2 aromatic carbocycles. The molecule has 0 bridgehead atoms. The molecule has 3 rings (SSSR count). The normalized spacial score (nSPS) is 16.4. The van der Waals surface area contributed by atoms with Crippen LogP contribution in [-0.2, 0) is 6.54 Å². The summed E-state index contributed by atoms with van der Waals surface area (Å²) < 4.78 is 0.